The predicted octanol–water partition coefficient (Wildman–Crippen LogP) is 4.44. The molecule has 0 bridgehead atoms. The van der Waals surface area contributed by atoms with Crippen molar-refractivity contribution in [3.8, 4) is 11.5 Å². The molecule has 0 unspecified atom stereocenters. The van der Waals surface area contributed by atoms with Crippen LogP contribution in [0.4, 0.5) is 10.8 Å². The summed E-state index contributed by atoms with van der Waals surface area (Å²) < 4.78 is 11.8. The van der Waals surface area contributed by atoms with E-state index in [-0.39, 0.29) is 17.9 Å². The first-order valence-corrected chi connectivity index (χ1v) is 9.42. The fraction of sp³-hybridized carbons (Fsp3) is 0.0556. The first-order valence-electron chi connectivity index (χ1n) is 7.81. The molecule has 0 fully saturated rings. The molecule has 0 aliphatic rings. The summed E-state index contributed by atoms with van der Waals surface area (Å²) >= 11 is 4.74. The van der Waals surface area contributed by atoms with Crippen molar-refractivity contribution in [1.82, 2.24) is 10.2 Å². The monoisotopic (exact) mass is 445 g/mol. The van der Waals surface area contributed by atoms with Gasteiger partial charge in [-0.05, 0) is 36.4 Å². The van der Waals surface area contributed by atoms with Crippen molar-refractivity contribution in [2.24, 2.45) is 0 Å². The molecule has 0 aliphatic heterocycles. The largest absolute Gasteiger partial charge is 0.508 e. The number of benzene rings is 2. The standard InChI is InChI=1S/C18H12BrN3O4S/c19-10-1-3-11(4-2-10)20-18-22-21-16(27-18)9-25-14-8-17(24)26-15-7-12(23)5-6-13(14)15/h1-8,23H,9H2,(H,20,22). The Morgan fingerprint density at radius 1 is 1.15 bits per heavy atom. The zero-order valence-electron chi connectivity index (χ0n) is 13.7. The van der Waals surface area contributed by atoms with Crippen molar-refractivity contribution in [1.29, 1.82) is 0 Å². The highest BCUT2D eigenvalue weighted by molar-refractivity contribution is 9.10. The number of halogens is 1. The zero-order valence-corrected chi connectivity index (χ0v) is 16.1. The van der Waals surface area contributed by atoms with E-state index in [1.807, 2.05) is 24.3 Å². The molecule has 0 amide bonds. The fourth-order valence-corrected chi connectivity index (χ4v) is 3.34. The fourth-order valence-electron chi connectivity index (χ4n) is 2.40. The molecule has 0 saturated carbocycles. The summed E-state index contributed by atoms with van der Waals surface area (Å²) in [6.07, 6.45) is 0. The molecule has 2 aromatic heterocycles. The van der Waals surface area contributed by atoms with Gasteiger partial charge in [0, 0.05) is 16.2 Å². The highest BCUT2D eigenvalue weighted by atomic mass is 79.9. The zero-order chi connectivity index (χ0) is 18.8. The first-order chi connectivity index (χ1) is 13.1. The SMILES string of the molecule is O=c1cc(OCc2nnc(Nc3ccc(Br)cc3)s2)c2ccc(O)cc2o1. The van der Waals surface area contributed by atoms with E-state index >= 15 is 0 Å². The van der Waals surface area contributed by atoms with E-state index in [0.717, 1.165) is 10.2 Å². The number of rotatable bonds is 5. The molecule has 0 aliphatic carbocycles. The maximum absolute atomic E-state index is 11.7. The summed E-state index contributed by atoms with van der Waals surface area (Å²) in [7, 11) is 0. The van der Waals surface area contributed by atoms with Crippen molar-refractivity contribution in [2.75, 3.05) is 5.32 Å². The highest BCUT2D eigenvalue weighted by Crippen LogP contribution is 2.28. The molecule has 0 spiro atoms. The van der Waals surface area contributed by atoms with Gasteiger partial charge in [-0.1, -0.05) is 27.3 Å². The summed E-state index contributed by atoms with van der Waals surface area (Å²) in [4.78, 5) is 11.7. The minimum absolute atomic E-state index is 0.00980. The molecule has 9 heteroatoms. The Balaban J connectivity index is 1.49. The van der Waals surface area contributed by atoms with Crippen LogP contribution in [0.15, 0.2) is 62.2 Å². The van der Waals surface area contributed by atoms with E-state index in [9.17, 15) is 9.90 Å². The molecule has 4 rings (SSSR count). The third kappa shape index (κ3) is 4.09. The molecule has 4 aromatic rings. The van der Waals surface area contributed by atoms with E-state index in [0.29, 0.717) is 21.3 Å². The van der Waals surface area contributed by atoms with E-state index < -0.39 is 5.63 Å². The van der Waals surface area contributed by atoms with Crippen LogP contribution in [-0.2, 0) is 6.61 Å². The number of ether oxygens (including phenoxy) is 1. The van der Waals surface area contributed by atoms with Crippen LogP contribution in [-0.4, -0.2) is 15.3 Å². The van der Waals surface area contributed by atoms with E-state index in [1.54, 1.807) is 6.07 Å². The van der Waals surface area contributed by atoms with Crippen LogP contribution in [0.5, 0.6) is 11.5 Å². The first kappa shape index (κ1) is 17.5. The highest BCUT2D eigenvalue weighted by Gasteiger charge is 2.10. The van der Waals surface area contributed by atoms with Crippen LogP contribution in [0.2, 0.25) is 0 Å². The van der Waals surface area contributed by atoms with Gasteiger partial charge in [-0.3, -0.25) is 0 Å². The molecule has 0 radical (unpaired) electrons. The third-order valence-electron chi connectivity index (χ3n) is 3.60. The van der Waals surface area contributed by atoms with Gasteiger partial charge in [-0.15, -0.1) is 10.2 Å². The second-order valence-electron chi connectivity index (χ2n) is 5.53. The molecule has 0 atom stereocenters. The van der Waals surface area contributed by atoms with Crippen molar-refractivity contribution in [3.05, 3.63) is 68.4 Å². The van der Waals surface area contributed by atoms with Gasteiger partial charge in [0.05, 0.1) is 11.5 Å². The average molecular weight is 446 g/mol. The van der Waals surface area contributed by atoms with Crippen LogP contribution in [0.3, 0.4) is 0 Å². The van der Waals surface area contributed by atoms with Crippen molar-refractivity contribution in [3.63, 3.8) is 0 Å². The predicted molar refractivity (Wildman–Crippen MR) is 106 cm³/mol. The Labute approximate surface area is 165 Å². The van der Waals surface area contributed by atoms with Crippen LogP contribution < -0.4 is 15.7 Å². The van der Waals surface area contributed by atoms with E-state index in [4.69, 9.17) is 9.15 Å². The maximum atomic E-state index is 11.7. The van der Waals surface area contributed by atoms with Gasteiger partial charge in [0.15, 0.2) is 5.01 Å². The summed E-state index contributed by atoms with van der Waals surface area (Å²) in [5.41, 5.74) is 0.596. The smallest absolute Gasteiger partial charge is 0.339 e. The number of nitrogens with zero attached hydrogens (tertiary/aromatic N) is 2. The maximum Gasteiger partial charge on any atom is 0.339 e. The lowest BCUT2D eigenvalue weighted by atomic mass is 10.2. The third-order valence-corrected chi connectivity index (χ3v) is 4.94. The number of nitrogens with one attached hydrogen (secondary N) is 1. The number of hydrogen-bond acceptors (Lipinski definition) is 8. The molecular weight excluding hydrogens is 434 g/mol. The van der Waals surface area contributed by atoms with Crippen LogP contribution in [0, 0.1) is 0 Å². The second-order valence-corrected chi connectivity index (χ2v) is 7.51. The summed E-state index contributed by atoms with van der Waals surface area (Å²) in [5, 5.41) is 22.8. The minimum Gasteiger partial charge on any atom is -0.508 e. The van der Waals surface area contributed by atoms with Gasteiger partial charge in [0.25, 0.3) is 0 Å². The summed E-state index contributed by atoms with van der Waals surface area (Å²) in [6, 6.07) is 13.5. The number of fused-ring (bicyclic) bond motifs is 1. The van der Waals surface area contributed by atoms with E-state index in [1.165, 1.54) is 29.5 Å². The van der Waals surface area contributed by atoms with Gasteiger partial charge in [-0.2, -0.15) is 0 Å². The van der Waals surface area contributed by atoms with Crippen molar-refractivity contribution >= 4 is 49.1 Å². The molecule has 2 aromatic carbocycles. The Morgan fingerprint density at radius 2 is 1.96 bits per heavy atom. The van der Waals surface area contributed by atoms with E-state index in [2.05, 4.69) is 31.4 Å². The number of phenolic OH excluding ortho intramolecular Hbond substituents is 1. The Bertz CT molecular complexity index is 1160. The summed E-state index contributed by atoms with van der Waals surface area (Å²) in [5.74, 6) is 0.370. The van der Waals surface area contributed by atoms with Crippen LogP contribution >= 0.6 is 27.3 Å². The van der Waals surface area contributed by atoms with Gasteiger partial charge >= 0.3 is 5.63 Å². The molecule has 7 nitrogen and oxygen atoms in total. The number of aromatic hydroxyl groups is 1. The molecule has 2 N–H and O–H groups in total. The molecule has 0 saturated heterocycles. The van der Waals surface area contributed by atoms with Gasteiger partial charge in [0.1, 0.15) is 23.7 Å². The average Bonchev–Trinajstić information content (AvgIpc) is 3.08. The Hall–Kier alpha value is -2.91. The Morgan fingerprint density at radius 3 is 2.78 bits per heavy atom. The number of aromatic nitrogens is 2. The van der Waals surface area contributed by atoms with Crippen LogP contribution in [0.1, 0.15) is 5.01 Å². The Kier molecular flexibility index (Phi) is 4.78. The topological polar surface area (TPSA) is 97.5 Å². The lowest BCUT2D eigenvalue weighted by Crippen LogP contribution is -2.02. The van der Waals surface area contributed by atoms with Gasteiger partial charge in [-0.25, -0.2) is 4.79 Å². The quantitative estimate of drug-likeness (QED) is 0.438. The second kappa shape index (κ2) is 7.37. The normalized spacial score (nSPS) is 10.9. The minimum atomic E-state index is -0.557. The van der Waals surface area contributed by atoms with Gasteiger partial charge in [0.2, 0.25) is 5.13 Å². The molecule has 27 heavy (non-hydrogen) atoms. The lowest BCUT2D eigenvalue weighted by molar-refractivity contribution is 0.305. The molecule has 2 heterocycles. The molecular formula is C18H12BrN3O4S. The number of anilines is 2. The summed E-state index contributed by atoms with van der Waals surface area (Å²) in [6.45, 7) is 0.152. The van der Waals surface area contributed by atoms with Crippen LogP contribution in [0.25, 0.3) is 11.0 Å². The molecule has 136 valence electrons. The van der Waals surface area contributed by atoms with Gasteiger partial charge < -0.3 is 19.6 Å². The lowest BCUT2D eigenvalue weighted by Gasteiger charge is -2.06. The van der Waals surface area contributed by atoms with Crippen molar-refractivity contribution < 1.29 is 14.3 Å². The van der Waals surface area contributed by atoms with Crippen molar-refractivity contribution in [2.45, 2.75) is 6.61 Å². The number of phenols is 1. The number of hydrogen-bond donors (Lipinski definition) is 2.